The molecule has 0 aromatic rings. The average Bonchev–Trinajstić information content (AvgIpc) is 2.32. The molecular formula is C11H17N3O3. The van der Waals surface area contributed by atoms with E-state index in [9.17, 15) is 14.7 Å². The Morgan fingerprint density at radius 2 is 2.24 bits per heavy atom. The number of likely N-dealkylation sites (tertiary alicyclic amines) is 1. The molecule has 1 atom stereocenters. The highest BCUT2D eigenvalue weighted by Crippen LogP contribution is 2.14. The first-order valence-electron chi connectivity index (χ1n) is 5.89. The van der Waals surface area contributed by atoms with E-state index in [0.717, 1.165) is 12.8 Å². The van der Waals surface area contributed by atoms with Crippen LogP contribution in [0.25, 0.3) is 0 Å². The second-order valence-electron chi connectivity index (χ2n) is 4.51. The smallest absolute Gasteiger partial charge is 0.270 e. The molecule has 2 amide bonds. The van der Waals surface area contributed by atoms with Crippen molar-refractivity contribution < 1.29 is 14.7 Å². The molecule has 2 aliphatic rings. The van der Waals surface area contributed by atoms with E-state index in [4.69, 9.17) is 0 Å². The van der Waals surface area contributed by atoms with Gasteiger partial charge in [-0.25, -0.2) is 5.01 Å². The summed E-state index contributed by atoms with van der Waals surface area (Å²) in [6, 6.07) is 0. The molecule has 0 aromatic carbocycles. The fourth-order valence-electron chi connectivity index (χ4n) is 2.15. The number of aliphatic hydroxyl groups is 1. The predicted octanol–water partition coefficient (Wildman–Crippen LogP) is -0.422. The van der Waals surface area contributed by atoms with Gasteiger partial charge in [0.1, 0.15) is 5.71 Å². The number of aliphatic hydroxyl groups excluding tert-OH is 1. The van der Waals surface area contributed by atoms with Crippen molar-refractivity contribution in [2.75, 3.05) is 20.1 Å². The molecular weight excluding hydrogens is 222 g/mol. The first-order chi connectivity index (χ1) is 8.08. The highest BCUT2D eigenvalue weighted by molar-refractivity contribution is 6.39. The van der Waals surface area contributed by atoms with Crippen LogP contribution >= 0.6 is 0 Å². The Balaban J connectivity index is 2.04. The van der Waals surface area contributed by atoms with Crippen molar-refractivity contribution in [2.45, 2.75) is 31.8 Å². The number of piperidine rings is 1. The molecule has 6 nitrogen and oxygen atoms in total. The zero-order valence-corrected chi connectivity index (χ0v) is 9.93. The van der Waals surface area contributed by atoms with E-state index < -0.39 is 6.10 Å². The van der Waals surface area contributed by atoms with Crippen LogP contribution in [-0.2, 0) is 9.59 Å². The van der Waals surface area contributed by atoms with Gasteiger partial charge in [-0.1, -0.05) is 0 Å². The quantitative estimate of drug-likeness (QED) is 0.675. The van der Waals surface area contributed by atoms with Crippen LogP contribution in [0.2, 0.25) is 0 Å². The fraction of sp³-hybridized carbons (Fsp3) is 0.727. The molecule has 1 saturated heterocycles. The molecule has 94 valence electrons. The summed E-state index contributed by atoms with van der Waals surface area (Å²) in [5.41, 5.74) is 0.418. The highest BCUT2D eigenvalue weighted by atomic mass is 16.3. The maximum absolute atomic E-state index is 12.1. The third-order valence-corrected chi connectivity index (χ3v) is 3.14. The summed E-state index contributed by atoms with van der Waals surface area (Å²) in [4.78, 5) is 25.0. The molecule has 2 heterocycles. The Hall–Kier alpha value is -1.43. The highest BCUT2D eigenvalue weighted by Gasteiger charge is 2.28. The lowest BCUT2D eigenvalue weighted by atomic mass is 10.1. The normalized spacial score (nSPS) is 25.9. The van der Waals surface area contributed by atoms with E-state index in [-0.39, 0.29) is 11.8 Å². The van der Waals surface area contributed by atoms with Crippen LogP contribution in [-0.4, -0.2) is 58.8 Å². The number of nitrogens with zero attached hydrogens (tertiary/aromatic N) is 3. The van der Waals surface area contributed by atoms with E-state index in [2.05, 4.69) is 5.10 Å². The van der Waals surface area contributed by atoms with Gasteiger partial charge in [0.25, 0.3) is 5.91 Å². The molecule has 6 heteroatoms. The van der Waals surface area contributed by atoms with Crippen LogP contribution in [0.5, 0.6) is 0 Å². The Morgan fingerprint density at radius 3 is 2.88 bits per heavy atom. The van der Waals surface area contributed by atoms with Gasteiger partial charge in [0.05, 0.1) is 6.10 Å². The number of carbonyl (C=O) groups is 2. The van der Waals surface area contributed by atoms with Gasteiger partial charge >= 0.3 is 0 Å². The van der Waals surface area contributed by atoms with E-state index in [1.165, 1.54) is 5.01 Å². The molecule has 0 bridgehead atoms. The van der Waals surface area contributed by atoms with Gasteiger partial charge in [-0.3, -0.25) is 9.59 Å². The molecule has 0 unspecified atom stereocenters. The lowest BCUT2D eigenvalue weighted by molar-refractivity contribution is -0.131. The van der Waals surface area contributed by atoms with Gasteiger partial charge in [0.2, 0.25) is 5.91 Å². The summed E-state index contributed by atoms with van der Waals surface area (Å²) in [6.07, 6.45) is 1.85. The van der Waals surface area contributed by atoms with Crippen LogP contribution in [0.4, 0.5) is 0 Å². The van der Waals surface area contributed by atoms with E-state index in [1.54, 1.807) is 11.9 Å². The lowest BCUT2D eigenvalue weighted by Crippen LogP contribution is -2.46. The van der Waals surface area contributed by atoms with Crippen molar-refractivity contribution in [3.8, 4) is 0 Å². The minimum absolute atomic E-state index is 0.0692. The average molecular weight is 239 g/mol. The number of amides is 2. The molecule has 0 aliphatic carbocycles. The molecule has 2 rings (SSSR count). The van der Waals surface area contributed by atoms with E-state index in [1.807, 2.05) is 0 Å². The Kier molecular flexibility index (Phi) is 3.42. The van der Waals surface area contributed by atoms with Gasteiger partial charge in [-0.15, -0.1) is 0 Å². The van der Waals surface area contributed by atoms with Crippen LogP contribution in [0.1, 0.15) is 25.7 Å². The monoisotopic (exact) mass is 239 g/mol. The van der Waals surface area contributed by atoms with Crippen molar-refractivity contribution in [1.29, 1.82) is 0 Å². The van der Waals surface area contributed by atoms with Gasteiger partial charge in [-0.05, 0) is 12.8 Å². The molecule has 0 aromatic heterocycles. The number of rotatable bonds is 1. The van der Waals surface area contributed by atoms with Gasteiger partial charge in [0.15, 0.2) is 0 Å². The first-order valence-corrected chi connectivity index (χ1v) is 5.89. The summed E-state index contributed by atoms with van der Waals surface area (Å²) in [5.74, 6) is -0.219. The van der Waals surface area contributed by atoms with E-state index >= 15 is 0 Å². The van der Waals surface area contributed by atoms with E-state index in [0.29, 0.717) is 31.6 Å². The molecule has 17 heavy (non-hydrogen) atoms. The van der Waals surface area contributed by atoms with Crippen molar-refractivity contribution in [2.24, 2.45) is 5.10 Å². The number of β-amino-alcohol motifs (C(OH)–C–C–N with tert-alkyl or cyclic N) is 1. The molecule has 1 N–H and O–H groups in total. The summed E-state index contributed by atoms with van der Waals surface area (Å²) >= 11 is 0. The molecule has 0 radical (unpaired) electrons. The molecule has 0 spiro atoms. The summed E-state index contributed by atoms with van der Waals surface area (Å²) in [7, 11) is 1.56. The van der Waals surface area contributed by atoms with Gasteiger partial charge in [-0.2, -0.15) is 5.10 Å². The Morgan fingerprint density at radius 1 is 1.47 bits per heavy atom. The molecule has 2 aliphatic heterocycles. The standard InChI is InChI=1S/C11H17N3O3/c1-13-10(16)5-4-9(12-13)11(17)14-6-2-3-8(15)7-14/h8,15H,2-7H2,1H3/t8-/m0/s1. The van der Waals surface area contributed by atoms with Crippen LogP contribution in [0.15, 0.2) is 5.10 Å². The third kappa shape index (κ3) is 2.63. The summed E-state index contributed by atoms with van der Waals surface area (Å²) < 4.78 is 0. The summed E-state index contributed by atoms with van der Waals surface area (Å²) in [5, 5.41) is 14.7. The minimum atomic E-state index is -0.434. The maximum atomic E-state index is 12.1. The number of hydrazone groups is 1. The third-order valence-electron chi connectivity index (χ3n) is 3.14. The lowest BCUT2D eigenvalue weighted by Gasteiger charge is -2.31. The zero-order chi connectivity index (χ0) is 12.4. The minimum Gasteiger partial charge on any atom is -0.391 e. The van der Waals surface area contributed by atoms with Gasteiger partial charge in [0, 0.05) is 33.0 Å². The zero-order valence-electron chi connectivity index (χ0n) is 9.93. The Labute approximate surface area is 99.9 Å². The number of carbonyl (C=O) groups excluding carboxylic acids is 2. The van der Waals surface area contributed by atoms with Crippen LogP contribution in [0.3, 0.4) is 0 Å². The predicted molar refractivity (Wildman–Crippen MR) is 61.3 cm³/mol. The number of hydrogen-bond acceptors (Lipinski definition) is 4. The maximum Gasteiger partial charge on any atom is 0.270 e. The van der Waals surface area contributed by atoms with Crippen molar-refractivity contribution in [3.05, 3.63) is 0 Å². The molecule has 1 fully saturated rings. The first kappa shape index (κ1) is 12.0. The largest absolute Gasteiger partial charge is 0.391 e. The number of hydrogen-bond donors (Lipinski definition) is 1. The molecule has 0 saturated carbocycles. The van der Waals surface area contributed by atoms with Crippen molar-refractivity contribution >= 4 is 17.5 Å². The van der Waals surface area contributed by atoms with Crippen molar-refractivity contribution in [1.82, 2.24) is 9.91 Å². The fourth-order valence-corrected chi connectivity index (χ4v) is 2.15. The van der Waals surface area contributed by atoms with Gasteiger partial charge < -0.3 is 10.0 Å². The van der Waals surface area contributed by atoms with Crippen molar-refractivity contribution in [3.63, 3.8) is 0 Å². The second-order valence-corrected chi connectivity index (χ2v) is 4.51. The second kappa shape index (κ2) is 4.83. The SMILES string of the molecule is CN1N=C(C(=O)N2CCC[C@H](O)C2)CCC1=O. The summed E-state index contributed by atoms with van der Waals surface area (Å²) in [6.45, 7) is 1.03. The van der Waals surface area contributed by atoms with Crippen LogP contribution in [0, 0.1) is 0 Å². The van der Waals surface area contributed by atoms with Crippen LogP contribution < -0.4 is 0 Å². The Bertz CT molecular complexity index is 367. The topological polar surface area (TPSA) is 73.2 Å².